The number of para-hydroxylation sites is 1. The van der Waals surface area contributed by atoms with Crippen molar-refractivity contribution >= 4 is 32.8 Å². The third-order valence-electron chi connectivity index (χ3n) is 5.42. The smallest absolute Gasteiger partial charge is 0.371 e. The zero-order chi connectivity index (χ0) is 19.6. The van der Waals surface area contributed by atoms with Crippen molar-refractivity contribution < 1.29 is 17.4 Å². The number of aromatic nitrogens is 1. The SMILES string of the molecule is CN1c2ccccc2C(=O)N2CCc3c([nH]c4ccc(OS(N)(=O)=O)cc34)C21. The molecule has 9 heteroatoms. The van der Waals surface area contributed by atoms with Crippen LogP contribution in [0.25, 0.3) is 10.9 Å². The number of hydrogen-bond donors (Lipinski definition) is 2. The summed E-state index contributed by atoms with van der Waals surface area (Å²) in [6.45, 7) is 0.572. The van der Waals surface area contributed by atoms with E-state index >= 15 is 0 Å². The van der Waals surface area contributed by atoms with Gasteiger partial charge >= 0.3 is 10.3 Å². The first-order chi connectivity index (χ1) is 13.3. The van der Waals surface area contributed by atoms with E-state index < -0.39 is 10.3 Å². The number of H-pyrrole nitrogens is 1. The van der Waals surface area contributed by atoms with Gasteiger partial charge in [-0.05, 0) is 42.3 Å². The maximum Gasteiger partial charge on any atom is 0.380 e. The van der Waals surface area contributed by atoms with Gasteiger partial charge in [0.15, 0.2) is 0 Å². The number of carbonyl (C=O) groups is 1. The fraction of sp³-hybridized carbons (Fsp3) is 0.211. The normalized spacial score (nSPS) is 18.6. The predicted octanol–water partition coefficient (Wildman–Crippen LogP) is 1.90. The molecule has 0 radical (unpaired) electrons. The Morgan fingerprint density at radius 3 is 2.79 bits per heavy atom. The van der Waals surface area contributed by atoms with Crippen molar-refractivity contribution in [3.8, 4) is 5.75 Å². The van der Waals surface area contributed by atoms with Gasteiger partial charge in [0.1, 0.15) is 11.9 Å². The van der Waals surface area contributed by atoms with E-state index in [1.807, 2.05) is 36.2 Å². The van der Waals surface area contributed by atoms with Crippen molar-refractivity contribution in [2.75, 3.05) is 18.5 Å². The highest BCUT2D eigenvalue weighted by atomic mass is 32.2. The van der Waals surface area contributed by atoms with Gasteiger partial charge in [-0.25, -0.2) is 0 Å². The lowest BCUT2D eigenvalue weighted by atomic mass is 9.96. The molecule has 1 amide bonds. The summed E-state index contributed by atoms with van der Waals surface area (Å²) >= 11 is 0. The molecule has 3 aromatic rings. The Morgan fingerprint density at radius 2 is 2.00 bits per heavy atom. The number of hydrogen-bond acceptors (Lipinski definition) is 5. The summed E-state index contributed by atoms with van der Waals surface area (Å²) in [5.74, 6) is 0.180. The van der Waals surface area contributed by atoms with Crippen LogP contribution in [-0.4, -0.2) is 37.8 Å². The molecule has 0 spiro atoms. The lowest BCUT2D eigenvalue weighted by molar-refractivity contribution is 0.0634. The molecule has 3 heterocycles. The second-order valence-electron chi connectivity index (χ2n) is 7.05. The summed E-state index contributed by atoms with van der Waals surface area (Å²) in [5, 5.41) is 5.85. The number of nitrogens with two attached hydrogens (primary N) is 1. The second-order valence-corrected chi connectivity index (χ2v) is 8.20. The first-order valence-electron chi connectivity index (χ1n) is 8.83. The molecule has 1 atom stereocenters. The fourth-order valence-corrected chi connectivity index (χ4v) is 4.67. The third-order valence-corrected chi connectivity index (χ3v) is 5.85. The van der Waals surface area contributed by atoms with Crippen LogP contribution in [0.3, 0.4) is 0 Å². The predicted molar refractivity (Wildman–Crippen MR) is 104 cm³/mol. The van der Waals surface area contributed by atoms with Crippen LogP contribution in [-0.2, 0) is 16.7 Å². The van der Waals surface area contributed by atoms with E-state index in [1.54, 1.807) is 18.2 Å². The molecule has 1 aromatic heterocycles. The van der Waals surface area contributed by atoms with E-state index in [-0.39, 0.29) is 17.8 Å². The fourth-order valence-electron chi connectivity index (χ4n) is 4.30. The number of anilines is 1. The topological polar surface area (TPSA) is 109 Å². The number of nitrogens with zero attached hydrogens (tertiary/aromatic N) is 2. The Balaban J connectivity index is 1.65. The number of rotatable bonds is 2. The van der Waals surface area contributed by atoms with Crippen molar-refractivity contribution in [2.24, 2.45) is 5.14 Å². The van der Waals surface area contributed by atoms with Crippen LogP contribution in [0.1, 0.15) is 27.8 Å². The van der Waals surface area contributed by atoms with E-state index in [4.69, 9.17) is 9.32 Å². The van der Waals surface area contributed by atoms with Crippen molar-refractivity contribution in [1.82, 2.24) is 9.88 Å². The van der Waals surface area contributed by atoms with Gasteiger partial charge in [-0.2, -0.15) is 13.6 Å². The highest BCUT2D eigenvalue weighted by Crippen LogP contribution is 2.43. The van der Waals surface area contributed by atoms with Crippen LogP contribution in [0, 0.1) is 0 Å². The lowest BCUT2D eigenvalue weighted by Crippen LogP contribution is -2.51. The molecular weight excluding hydrogens is 380 g/mol. The minimum absolute atomic E-state index is 0.0150. The summed E-state index contributed by atoms with van der Waals surface area (Å²) in [4.78, 5) is 20.4. The molecule has 5 rings (SSSR count). The molecular formula is C19H18N4O4S. The number of nitrogens with one attached hydrogen (secondary N) is 1. The average Bonchev–Trinajstić information content (AvgIpc) is 3.02. The van der Waals surface area contributed by atoms with Gasteiger partial charge in [-0.3, -0.25) is 4.79 Å². The van der Waals surface area contributed by atoms with E-state index in [2.05, 4.69) is 9.88 Å². The zero-order valence-electron chi connectivity index (χ0n) is 15.0. The Labute approximate surface area is 161 Å². The van der Waals surface area contributed by atoms with Gasteiger partial charge < -0.3 is 19.0 Å². The van der Waals surface area contributed by atoms with Crippen LogP contribution in [0.5, 0.6) is 5.75 Å². The summed E-state index contributed by atoms with van der Waals surface area (Å²) < 4.78 is 27.3. The van der Waals surface area contributed by atoms with E-state index in [9.17, 15) is 13.2 Å². The maximum atomic E-state index is 13.0. The molecule has 144 valence electrons. The number of aromatic amines is 1. The molecule has 2 aliphatic rings. The zero-order valence-corrected chi connectivity index (χ0v) is 15.9. The molecule has 1 unspecified atom stereocenters. The van der Waals surface area contributed by atoms with Gasteiger partial charge in [0.2, 0.25) is 0 Å². The van der Waals surface area contributed by atoms with Gasteiger partial charge in [-0.1, -0.05) is 12.1 Å². The molecule has 0 bridgehead atoms. The molecule has 0 saturated heterocycles. The molecule has 0 aliphatic carbocycles. The first kappa shape index (κ1) is 17.1. The summed E-state index contributed by atoms with van der Waals surface area (Å²) in [7, 11) is -2.12. The third kappa shape index (κ3) is 2.47. The summed E-state index contributed by atoms with van der Waals surface area (Å²) in [6, 6.07) is 12.6. The van der Waals surface area contributed by atoms with Crippen LogP contribution >= 0.6 is 0 Å². The first-order valence-corrected chi connectivity index (χ1v) is 10.3. The van der Waals surface area contributed by atoms with Crippen molar-refractivity contribution in [3.63, 3.8) is 0 Å². The summed E-state index contributed by atoms with van der Waals surface area (Å²) in [6.07, 6.45) is 0.410. The molecule has 28 heavy (non-hydrogen) atoms. The number of fused-ring (bicyclic) bond motifs is 6. The molecule has 0 saturated carbocycles. The Hall–Kier alpha value is -3.04. The van der Waals surface area contributed by atoms with Crippen LogP contribution in [0.4, 0.5) is 5.69 Å². The van der Waals surface area contributed by atoms with Crippen molar-refractivity contribution in [3.05, 3.63) is 59.3 Å². The van der Waals surface area contributed by atoms with Crippen LogP contribution in [0.15, 0.2) is 42.5 Å². The number of benzene rings is 2. The average molecular weight is 398 g/mol. The van der Waals surface area contributed by atoms with Crippen LogP contribution < -0.4 is 14.2 Å². The monoisotopic (exact) mass is 398 g/mol. The molecule has 2 aliphatic heterocycles. The van der Waals surface area contributed by atoms with Crippen molar-refractivity contribution in [1.29, 1.82) is 0 Å². The molecule has 2 aromatic carbocycles. The van der Waals surface area contributed by atoms with Crippen LogP contribution in [0.2, 0.25) is 0 Å². The maximum absolute atomic E-state index is 13.0. The van der Waals surface area contributed by atoms with E-state index in [0.29, 0.717) is 18.5 Å². The highest BCUT2D eigenvalue weighted by molar-refractivity contribution is 7.84. The Bertz CT molecular complexity index is 1230. The highest BCUT2D eigenvalue weighted by Gasteiger charge is 2.41. The second kappa shape index (κ2) is 5.73. The minimum atomic E-state index is -4.09. The number of amides is 1. The largest absolute Gasteiger partial charge is 0.380 e. The Kier molecular flexibility index (Phi) is 3.49. The summed E-state index contributed by atoms with van der Waals surface area (Å²) in [5.41, 5.74) is 4.42. The molecule has 8 nitrogen and oxygen atoms in total. The van der Waals surface area contributed by atoms with Gasteiger partial charge in [0, 0.05) is 24.5 Å². The van der Waals surface area contributed by atoms with Crippen molar-refractivity contribution in [2.45, 2.75) is 12.6 Å². The van der Waals surface area contributed by atoms with Gasteiger partial charge in [0.25, 0.3) is 5.91 Å². The quantitative estimate of drug-likeness (QED) is 0.685. The Morgan fingerprint density at radius 1 is 1.21 bits per heavy atom. The molecule has 3 N–H and O–H groups in total. The standard InChI is InChI=1S/C19H18N4O4S/c1-22-16-5-3-2-4-13(16)19(24)23-9-8-12-14-10-11(27-28(20,25)26)6-7-15(14)21-17(12)18(22)23/h2-7,10,18,21H,8-9H2,1H3,(H2,20,25,26). The van der Waals surface area contributed by atoms with Gasteiger partial charge in [-0.15, -0.1) is 0 Å². The molecule has 0 fully saturated rings. The van der Waals surface area contributed by atoms with Gasteiger partial charge in [0.05, 0.1) is 16.9 Å². The lowest BCUT2D eigenvalue weighted by Gasteiger charge is -2.46. The van der Waals surface area contributed by atoms with E-state index in [0.717, 1.165) is 27.8 Å². The van der Waals surface area contributed by atoms with E-state index in [1.165, 1.54) is 0 Å². The minimum Gasteiger partial charge on any atom is -0.371 e. The number of carbonyl (C=O) groups excluding carboxylic acids is 1.